The maximum absolute atomic E-state index is 13.3. The third kappa shape index (κ3) is 3.98. The summed E-state index contributed by atoms with van der Waals surface area (Å²) < 4.78 is 50.2. The van der Waals surface area contributed by atoms with Gasteiger partial charge in [0.15, 0.2) is 0 Å². The summed E-state index contributed by atoms with van der Waals surface area (Å²) in [6.45, 7) is 2.00. The maximum atomic E-state index is 13.3. The van der Waals surface area contributed by atoms with Gasteiger partial charge in [-0.3, -0.25) is 0 Å². The number of unbranched alkanes of at least 4 members (excludes halogenated alkanes) is 2. The molecule has 1 nitrogen and oxygen atoms in total. The highest BCUT2D eigenvalue weighted by atomic mass is 19.4. The molecular weight excluding hydrogens is 248 g/mol. The second kappa shape index (κ2) is 6.18. The monoisotopic (exact) mass is 264 g/mol. The lowest BCUT2D eigenvalue weighted by Gasteiger charge is -2.13. The molecule has 0 aliphatic heterocycles. The highest BCUT2D eigenvalue weighted by Crippen LogP contribution is 2.33. The van der Waals surface area contributed by atoms with Gasteiger partial charge in [-0.25, -0.2) is 4.39 Å². The molecule has 0 saturated heterocycles. The van der Waals surface area contributed by atoms with Crippen LogP contribution >= 0.6 is 0 Å². The van der Waals surface area contributed by atoms with E-state index in [1.54, 1.807) is 0 Å². The lowest BCUT2D eigenvalue weighted by molar-refractivity contribution is -0.140. The van der Waals surface area contributed by atoms with Gasteiger partial charge in [0.1, 0.15) is 5.82 Å². The molecule has 5 heteroatoms. The van der Waals surface area contributed by atoms with Crippen molar-refractivity contribution in [3.8, 4) is 0 Å². The minimum Gasteiger partial charge on any atom is -0.388 e. The van der Waals surface area contributed by atoms with Crippen LogP contribution in [0.25, 0.3) is 0 Å². The Hall–Kier alpha value is -1.10. The number of alkyl halides is 3. The molecule has 0 amide bonds. The molecular formula is C13H16F4O. The highest BCUT2D eigenvalue weighted by Gasteiger charge is 2.34. The van der Waals surface area contributed by atoms with E-state index in [1.165, 1.54) is 0 Å². The highest BCUT2D eigenvalue weighted by molar-refractivity contribution is 5.27. The van der Waals surface area contributed by atoms with Gasteiger partial charge < -0.3 is 5.11 Å². The Morgan fingerprint density at radius 3 is 2.39 bits per heavy atom. The third-order valence-corrected chi connectivity index (χ3v) is 2.76. The first-order valence-electron chi connectivity index (χ1n) is 5.91. The van der Waals surface area contributed by atoms with Crippen molar-refractivity contribution in [3.63, 3.8) is 0 Å². The van der Waals surface area contributed by atoms with Crippen molar-refractivity contribution in [1.29, 1.82) is 0 Å². The first kappa shape index (κ1) is 15.0. The Morgan fingerprint density at radius 1 is 1.22 bits per heavy atom. The molecule has 0 saturated carbocycles. The summed E-state index contributed by atoms with van der Waals surface area (Å²) in [6.07, 6.45) is -2.50. The number of halogens is 4. The molecule has 0 aliphatic carbocycles. The first-order chi connectivity index (χ1) is 8.36. The van der Waals surface area contributed by atoms with Gasteiger partial charge in [-0.2, -0.15) is 13.2 Å². The summed E-state index contributed by atoms with van der Waals surface area (Å²) >= 11 is 0. The third-order valence-electron chi connectivity index (χ3n) is 2.76. The normalized spacial score (nSPS) is 13.7. The largest absolute Gasteiger partial charge is 0.419 e. The number of aliphatic hydroxyl groups is 1. The molecule has 1 atom stereocenters. The first-order valence-corrected chi connectivity index (χ1v) is 5.91. The van der Waals surface area contributed by atoms with Crippen LogP contribution in [0.5, 0.6) is 0 Å². The van der Waals surface area contributed by atoms with E-state index in [0.717, 1.165) is 31.4 Å². The number of benzene rings is 1. The Balaban J connectivity index is 2.78. The number of hydrogen-bond donors (Lipinski definition) is 1. The molecule has 0 fully saturated rings. The van der Waals surface area contributed by atoms with E-state index in [0.29, 0.717) is 12.5 Å². The van der Waals surface area contributed by atoms with Crippen molar-refractivity contribution in [2.45, 2.75) is 44.9 Å². The van der Waals surface area contributed by atoms with Crippen LogP contribution < -0.4 is 0 Å². The summed E-state index contributed by atoms with van der Waals surface area (Å²) in [6, 6.07) is 2.57. The Labute approximate surface area is 103 Å². The fourth-order valence-corrected chi connectivity index (χ4v) is 1.72. The van der Waals surface area contributed by atoms with Crippen LogP contribution in [0.1, 0.15) is 49.8 Å². The van der Waals surface area contributed by atoms with Crippen molar-refractivity contribution in [2.24, 2.45) is 0 Å². The van der Waals surface area contributed by atoms with E-state index in [2.05, 4.69) is 0 Å². The molecule has 0 heterocycles. The average molecular weight is 264 g/mol. The maximum Gasteiger partial charge on any atom is 0.419 e. The van der Waals surface area contributed by atoms with Gasteiger partial charge >= 0.3 is 6.18 Å². The molecule has 1 N–H and O–H groups in total. The second-order valence-electron chi connectivity index (χ2n) is 4.25. The van der Waals surface area contributed by atoms with Crippen LogP contribution in [0, 0.1) is 5.82 Å². The Kier molecular flexibility index (Phi) is 5.14. The van der Waals surface area contributed by atoms with E-state index in [4.69, 9.17) is 0 Å². The summed E-state index contributed by atoms with van der Waals surface area (Å²) in [4.78, 5) is 0. The standard InChI is InChI=1S/C13H16F4O/c1-2-3-4-5-12(18)9-6-7-10(11(14)8-9)13(15,16)17/h6-8,12,18H,2-5H2,1H3. The zero-order valence-electron chi connectivity index (χ0n) is 10.1. The minimum atomic E-state index is -4.70. The smallest absolute Gasteiger partial charge is 0.388 e. The molecule has 0 radical (unpaired) electrons. The van der Waals surface area contributed by atoms with Crippen molar-refractivity contribution in [2.75, 3.05) is 0 Å². The van der Waals surface area contributed by atoms with Gasteiger partial charge in [0.25, 0.3) is 0 Å². The van der Waals surface area contributed by atoms with E-state index >= 15 is 0 Å². The van der Waals surface area contributed by atoms with E-state index < -0.39 is 23.7 Å². The minimum absolute atomic E-state index is 0.191. The second-order valence-corrected chi connectivity index (χ2v) is 4.25. The lowest BCUT2D eigenvalue weighted by atomic mass is 10.0. The predicted octanol–water partition coefficient (Wildman–Crippen LogP) is 4.46. The predicted molar refractivity (Wildman–Crippen MR) is 60.5 cm³/mol. The quantitative estimate of drug-likeness (QED) is 0.615. The van der Waals surface area contributed by atoms with E-state index in [-0.39, 0.29) is 5.56 Å². The zero-order valence-corrected chi connectivity index (χ0v) is 10.1. The van der Waals surface area contributed by atoms with Crippen LogP contribution in [0.4, 0.5) is 17.6 Å². The Bertz CT molecular complexity index is 387. The van der Waals surface area contributed by atoms with Crippen LogP contribution in [-0.4, -0.2) is 5.11 Å². The topological polar surface area (TPSA) is 20.2 Å². The van der Waals surface area contributed by atoms with Crippen LogP contribution in [0.15, 0.2) is 18.2 Å². The summed E-state index contributed by atoms with van der Waals surface area (Å²) in [7, 11) is 0. The fourth-order valence-electron chi connectivity index (χ4n) is 1.72. The number of hydrogen-bond acceptors (Lipinski definition) is 1. The molecule has 1 aromatic rings. The number of aliphatic hydroxyl groups excluding tert-OH is 1. The van der Waals surface area contributed by atoms with Crippen molar-refractivity contribution >= 4 is 0 Å². The lowest BCUT2D eigenvalue weighted by Crippen LogP contribution is -2.09. The van der Waals surface area contributed by atoms with Gasteiger partial charge in [0, 0.05) is 0 Å². The molecule has 0 bridgehead atoms. The summed E-state index contributed by atoms with van der Waals surface area (Å²) in [5.41, 5.74) is -1.11. The summed E-state index contributed by atoms with van der Waals surface area (Å²) in [5.74, 6) is -1.34. The molecule has 1 unspecified atom stereocenters. The van der Waals surface area contributed by atoms with Gasteiger partial charge in [-0.05, 0) is 24.1 Å². The average Bonchev–Trinajstić information content (AvgIpc) is 2.27. The van der Waals surface area contributed by atoms with E-state index in [1.807, 2.05) is 6.92 Å². The van der Waals surface area contributed by atoms with Crippen molar-refractivity contribution in [3.05, 3.63) is 35.1 Å². The molecule has 0 spiro atoms. The fraction of sp³-hybridized carbons (Fsp3) is 0.538. The van der Waals surface area contributed by atoms with Gasteiger partial charge in [0.05, 0.1) is 11.7 Å². The van der Waals surface area contributed by atoms with Gasteiger partial charge in [-0.15, -0.1) is 0 Å². The van der Waals surface area contributed by atoms with Crippen LogP contribution in [0.2, 0.25) is 0 Å². The SMILES string of the molecule is CCCCCC(O)c1ccc(C(F)(F)F)c(F)c1. The number of rotatable bonds is 5. The summed E-state index contributed by atoms with van der Waals surface area (Å²) in [5, 5.41) is 9.72. The van der Waals surface area contributed by atoms with Gasteiger partial charge in [0.2, 0.25) is 0 Å². The van der Waals surface area contributed by atoms with E-state index in [9.17, 15) is 22.7 Å². The molecule has 1 aromatic carbocycles. The van der Waals surface area contributed by atoms with Crippen molar-refractivity contribution < 1.29 is 22.7 Å². The molecule has 0 aliphatic rings. The molecule has 102 valence electrons. The zero-order chi connectivity index (χ0) is 13.8. The van der Waals surface area contributed by atoms with Crippen molar-refractivity contribution in [1.82, 2.24) is 0 Å². The Morgan fingerprint density at radius 2 is 1.89 bits per heavy atom. The molecule has 1 rings (SSSR count). The molecule has 18 heavy (non-hydrogen) atoms. The van der Waals surface area contributed by atoms with Gasteiger partial charge in [-0.1, -0.05) is 32.3 Å². The molecule has 0 aromatic heterocycles. The van der Waals surface area contributed by atoms with Crippen LogP contribution in [-0.2, 0) is 6.18 Å². The van der Waals surface area contributed by atoms with Crippen LogP contribution in [0.3, 0.4) is 0 Å².